The lowest BCUT2D eigenvalue weighted by molar-refractivity contribution is 0.620. The monoisotopic (exact) mass is 554 g/mol. The van der Waals surface area contributed by atoms with Crippen LogP contribution in [-0.4, -0.2) is 16.7 Å². The van der Waals surface area contributed by atoms with Gasteiger partial charge in [0.2, 0.25) is 5.89 Å². The molecule has 1 unspecified atom stereocenters. The fourth-order valence-electron chi connectivity index (χ4n) is 5.59. The number of amidine groups is 2. The second-order valence-corrected chi connectivity index (χ2v) is 10.5. The van der Waals surface area contributed by atoms with E-state index in [0.717, 1.165) is 55.7 Å². The molecular weight excluding hydrogens is 528 g/mol. The number of hydrogen-bond acceptors (Lipinski definition) is 5. The van der Waals surface area contributed by atoms with Crippen LogP contribution in [0.5, 0.6) is 0 Å². The summed E-state index contributed by atoms with van der Waals surface area (Å²) in [7, 11) is 0. The second-order valence-electron chi connectivity index (χ2n) is 10.5. The highest BCUT2D eigenvalue weighted by Crippen LogP contribution is 2.36. The predicted molar refractivity (Wildman–Crippen MR) is 174 cm³/mol. The summed E-state index contributed by atoms with van der Waals surface area (Å²) in [5.74, 6) is 2.11. The van der Waals surface area contributed by atoms with Crippen LogP contribution in [0.2, 0.25) is 0 Å². The van der Waals surface area contributed by atoms with E-state index in [4.69, 9.17) is 14.4 Å². The lowest BCUT2D eigenvalue weighted by Crippen LogP contribution is -2.33. The van der Waals surface area contributed by atoms with Crippen LogP contribution in [0.4, 0.5) is 0 Å². The van der Waals surface area contributed by atoms with Crippen LogP contribution in [-0.2, 0) is 0 Å². The minimum atomic E-state index is -0.348. The summed E-state index contributed by atoms with van der Waals surface area (Å²) < 4.78 is 6.03. The molecule has 0 saturated heterocycles. The molecule has 2 heterocycles. The molecule has 0 aliphatic carbocycles. The van der Waals surface area contributed by atoms with Crippen LogP contribution in [0.25, 0.3) is 44.5 Å². The van der Waals surface area contributed by atoms with E-state index in [1.807, 2.05) is 60.7 Å². The number of nitrogens with zero attached hydrogens (tertiary/aromatic N) is 3. The van der Waals surface area contributed by atoms with Gasteiger partial charge >= 0.3 is 0 Å². The van der Waals surface area contributed by atoms with Crippen LogP contribution in [0.15, 0.2) is 160 Å². The van der Waals surface area contributed by atoms with Crippen molar-refractivity contribution in [3.63, 3.8) is 0 Å². The third kappa shape index (κ3) is 4.77. The molecule has 6 aromatic carbocycles. The molecule has 0 amide bonds. The molecule has 5 nitrogen and oxygen atoms in total. The number of benzene rings is 6. The summed E-state index contributed by atoms with van der Waals surface area (Å²) in [6, 6.07) is 49.6. The number of fused-ring (bicyclic) bond motifs is 2. The Kier molecular flexibility index (Phi) is 6.12. The number of aromatic nitrogens is 1. The SMILES string of the molecule is c1ccc(C2=NC(c3cc4ccccc4cc3-c3ccc(-c4nc5ccccc5o4)cc3)NC(c3ccccc3)=N2)cc1. The zero-order chi connectivity index (χ0) is 28.6. The number of oxazole rings is 1. The maximum absolute atomic E-state index is 6.03. The van der Waals surface area contributed by atoms with E-state index < -0.39 is 0 Å². The smallest absolute Gasteiger partial charge is 0.227 e. The Balaban J connectivity index is 1.25. The Morgan fingerprint density at radius 2 is 1.19 bits per heavy atom. The van der Waals surface area contributed by atoms with Crippen LogP contribution >= 0.6 is 0 Å². The third-order valence-corrected chi connectivity index (χ3v) is 7.77. The van der Waals surface area contributed by atoms with Crippen LogP contribution < -0.4 is 5.32 Å². The maximum Gasteiger partial charge on any atom is 0.227 e. The quantitative estimate of drug-likeness (QED) is 0.231. The van der Waals surface area contributed by atoms with E-state index >= 15 is 0 Å². The summed E-state index contributed by atoms with van der Waals surface area (Å²) in [6.07, 6.45) is -0.348. The van der Waals surface area contributed by atoms with Crippen molar-refractivity contribution in [2.45, 2.75) is 6.17 Å². The van der Waals surface area contributed by atoms with E-state index in [2.05, 4.69) is 95.2 Å². The van der Waals surface area contributed by atoms with Gasteiger partial charge in [-0.15, -0.1) is 0 Å². The first kappa shape index (κ1) is 24.9. The summed E-state index contributed by atoms with van der Waals surface area (Å²) in [6.45, 7) is 0. The number of hydrogen-bond donors (Lipinski definition) is 1. The van der Waals surface area contributed by atoms with Crippen molar-refractivity contribution < 1.29 is 4.42 Å². The Hall–Kier alpha value is -5.81. The average molecular weight is 555 g/mol. The van der Waals surface area contributed by atoms with Crippen LogP contribution in [0.1, 0.15) is 22.9 Å². The first-order valence-electron chi connectivity index (χ1n) is 14.3. The second kappa shape index (κ2) is 10.5. The standard InChI is InChI=1S/C38H26N4O/c1-3-11-26(12-4-1)35-40-36(27-13-5-2-6-14-27)42-37(41-35)32-24-30-16-8-7-15-29(30)23-31(32)25-19-21-28(22-20-25)38-39-33-17-9-10-18-34(33)43-38/h1-24,37H,(H,40,41,42). The highest BCUT2D eigenvalue weighted by molar-refractivity contribution is 6.13. The molecule has 204 valence electrons. The molecule has 0 fully saturated rings. The molecule has 1 aliphatic rings. The van der Waals surface area contributed by atoms with Crippen LogP contribution in [0.3, 0.4) is 0 Å². The topological polar surface area (TPSA) is 62.8 Å². The van der Waals surface area contributed by atoms with Crippen LogP contribution in [0, 0.1) is 0 Å². The molecule has 5 heteroatoms. The Morgan fingerprint density at radius 3 is 1.93 bits per heavy atom. The fourth-order valence-corrected chi connectivity index (χ4v) is 5.59. The third-order valence-electron chi connectivity index (χ3n) is 7.77. The first-order chi connectivity index (χ1) is 21.3. The summed E-state index contributed by atoms with van der Waals surface area (Å²) in [4.78, 5) is 14.8. The molecule has 7 aromatic rings. The molecule has 0 radical (unpaired) electrons. The molecule has 0 bridgehead atoms. The minimum absolute atomic E-state index is 0.348. The van der Waals surface area contributed by atoms with Crippen molar-refractivity contribution in [2.75, 3.05) is 0 Å². The van der Waals surface area contributed by atoms with E-state index in [1.165, 1.54) is 5.39 Å². The van der Waals surface area contributed by atoms with E-state index in [-0.39, 0.29) is 6.17 Å². The van der Waals surface area contributed by atoms with Crippen molar-refractivity contribution in [2.24, 2.45) is 9.98 Å². The van der Waals surface area contributed by atoms with Gasteiger partial charge in [0.25, 0.3) is 0 Å². The first-order valence-corrected chi connectivity index (χ1v) is 14.3. The molecule has 1 atom stereocenters. The van der Waals surface area contributed by atoms with Gasteiger partial charge in [-0.1, -0.05) is 109 Å². The van der Waals surface area contributed by atoms with Crippen molar-refractivity contribution >= 4 is 33.5 Å². The number of rotatable bonds is 5. The summed E-state index contributed by atoms with van der Waals surface area (Å²) >= 11 is 0. The number of para-hydroxylation sites is 2. The fraction of sp³-hybridized carbons (Fsp3) is 0.0263. The van der Waals surface area contributed by atoms with Gasteiger partial charge in [0, 0.05) is 22.3 Å². The van der Waals surface area contributed by atoms with Gasteiger partial charge in [0.05, 0.1) is 0 Å². The van der Waals surface area contributed by atoms with Crippen molar-refractivity contribution in [3.8, 4) is 22.6 Å². The van der Waals surface area contributed by atoms with Gasteiger partial charge in [0.15, 0.2) is 11.4 Å². The lowest BCUT2D eigenvalue weighted by Gasteiger charge is -2.26. The van der Waals surface area contributed by atoms with Gasteiger partial charge < -0.3 is 9.73 Å². The number of aliphatic imine (C=N–C) groups is 2. The van der Waals surface area contributed by atoms with Gasteiger partial charge in [-0.2, -0.15) is 0 Å². The average Bonchev–Trinajstić information content (AvgIpc) is 3.53. The molecular formula is C38H26N4O. The maximum atomic E-state index is 6.03. The molecule has 1 N–H and O–H groups in total. The zero-order valence-corrected chi connectivity index (χ0v) is 23.2. The Labute approximate surface area is 248 Å². The normalized spacial score (nSPS) is 14.7. The molecule has 8 rings (SSSR count). The van der Waals surface area contributed by atoms with Crippen molar-refractivity contribution in [1.82, 2.24) is 10.3 Å². The molecule has 1 aliphatic heterocycles. The number of nitrogens with one attached hydrogen (secondary N) is 1. The largest absolute Gasteiger partial charge is 0.436 e. The van der Waals surface area contributed by atoms with Crippen molar-refractivity contribution in [3.05, 3.63) is 162 Å². The van der Waals surface area contributed by atoms with Gasteiger partial charge in [-0.3, -0.25) is 0 Å². The minimum Gasteiger partial charge on any atom is -0.436 e. The van der Waals surface area contributed by atoms with E-state index in [9.17, 15) is 0 Å². The Morgan fingerprint density at radius 1 is 0.558 bits per heavy atom. The van der Waals surface area contributed by atoms with Gasteiger partial charge in [0.1, 0.15) is 17.5 Å². The molecule has 43 heavy (non-hydrogen) atoms. The molecule has 0 saturated carbocycles. The zero-order valence-electron chi connectivity index (χ0n) is 23.2. The van der Waals surface area contributed by atoms with Gasteiger partial charge in [-0.05, 0) is 58.3 Å². The Bertz CT molecular complexity index is 2110. The highest BCUT2D eigenvalue weighted by atomic mass is 16.3. The molecule has 1 aromatic heterocycles. The van der Waals surface area contributed by atoms with Gasteiger partial charge in [-0.25, -0.2) is 15.0 Å². The summed E-state index contributed by atoms with van der Waals surface area (Å²) in [5.41, 5.74) is 7.82. The van der Waals surface area contributed by atoms with E-state index in [1.54, 1.807) is 0 Å². The summed E-state index contributed by atoms with van der Waals surface area (Å²) in [5, 5.41) is 5.98. The lowest BCUT2D eigenvalue weighted by atomic mass is 9.93. The predicted octanol–water partition coefficient (Wildman–Crippen LogP) is 8.81. The molecule has 0 spiro atoms. The highest BCUT2D eigenvalue weighted by Gasteiger charge is 2.24. The van der Waals surface area contributed by atoms with E-state index in [0.29, 0.717) is 11.7 Å². The van der Waals surface area contributed by atoms with Crippen molar-refractivity contribution in [1.29, 1.82) is 0 Å².